The third kappa shape index (κ3) is 6.03. The van der Waals surface area contributed by atoms with Crippen LogP contribution in [0.2, 0.25) is 10.0 Å². The summed E-state index contributed by atoms with van der Waals surface area (Å²) < 4.78 is 18.6. The summed E-state index contributed by atoms with van der Waals surface area (Å²) in [5.41, 5.74) is 0.866. The lowest BCUT2D eigenvalue weighted by Gasteiger charge is -2.11. The maximum absolute atomic E-state index is 13.7. The van der Waals surface area contributed by atoms with Crippen LogP contribution in [0, 0.1) is 5.82 Å². The summed E-state index contributed by atoms with van der Waals surface area (Å²) in [4.78, 5) is 36.9. The fraction of sp³-hybridized carbons (Fsp3) is 0.0417. The molecule has 5 nitrogen and oxygen atoms in total. The maximum atomic E-state index is 13.7. The second kappa shape index (κ2) is 10.7. The van der Waals surface area contributed by atoms with E-state index < -0.39 is 24.3 Å². The summed E-state index contributed by atoms with van der Waals surface area (Å²) in [6.07, 6.45) is 2.12. The second-order valence-electron chi connectivity index (χ2n) is 6.51. The number of hydrogen-bond acceptors (Lipinski definition) is 4. The highest BCUT2D eigenvalue weighted by Crippen LogP contribution is 2.24. The Morgan fingerprint density at radius 3 is 2.44 bits per heavy atom. The molecule has 0 atom stereocenters. The summed E-state index contributed by atoms with van der Waals surface area (Å²) in [6, 6.07) is 17.1. The van der Waals surface area contributed by atoms with Crippen molar-refractivity contribution in [3.63, 3.8) is 0 Å². The van der Waals surface area contributed by atoms with Gasteiger partial charge in [0.1, 0.15) is 5.82 Å². The second-order valence-corrected chi connectivity index (χ2v) is 7.35. The third-order valence-corrected chi connectivity index (χ3v) is 4.83. The van der Waals surface area contributed by atoms with Gasteiger partial charge in [-0.25, -0.2) is 9.18 Å². The molecule has 0 bridgehead atoms. The van der Waals surface area contributed by atoms with Gasteiger partial charge in [-0.1, -0.05) is 59.6 Å². The summed E-state index contributed by atoms with van der Waals surface area (Å²) in [5.74, 6) is -2.46. The molecule has 0 aliphatic carbocycles. The Labute approximate surface area is 193 Å². The number of carbonyl (C=O) groups excluding carboxylic acids is 3. The minimum atomic E-state index is -0.865. The number of anilines is 1. The number of ketones is 1. The Kier molecular flexibility index (Phi) is 7.76. The number of carbonyl (C=O) groups is 3. The van der Waals surface area contributed by atoms with E-state index in [4.69, 9.17) is 27.9 Å². The van der Waals surface area contributed by atoms with Gasteiger partial charge in [0.25, 0.3) is 5.91 Å². The Morgan fingerprint density at radius 2 is 1.72 bits per heavy atom. The molecule has 0 aliphatic heterocycles. The first-order valence-corrected chi connectivity index (χ1v) is 10.1. The molecule has 3 aromatic rings. The van der Waals surface area contributed by atoms with Gasteiger partial charge in [0.15, 0.2) is 12.4 Å². The topological polar surface area (TPSA) is 72.5 Å². The predicted octanol–water partition coefficient (Wildman–Crippen LogP) is 5.56. The van der Waals surface area contributed by atoms with Crippen LogP contribution in [0.25, 0.3) is 6.08 Å². The summed E-state index contributed by atoms with van der Waals surface area (Å²) in [7, 11) is 0. The average molecular weight is 472 g/mol. The smallest absolute Gasteiger partial charge is 0.331 e. The standard InChI is InChI=1S/C24H16Cl2FNO4/c25-16-9-11-21(18(13-16)24(31)15-5-2-1-3-6-15)28-22(29)14-32-23(30)12-10-17-19(26)7-4-8-20(17)27/h1-13H,14H2,(H,28,29). The van der Waals surface area contributed by atoms with Gasteiger partial charge in [-0.05, 0) is 36.4 Å². The van der Waals surface area contributed by atoms with Crippen molar-refractivity contribution in [2.75, 3.05) is 11.9 Å². The van der Waals surface area contributed by atoms with Crippen molar-refractivity contribution in [1.29, 1.82) is 0 Å². The van der Waals surface area contributed by atoms with E-state index in [1.807, 2.05) is 0 Å². The molecule has 1 N–H and O–H groups in total. The number of rotatable bonds is 7. The average Bonchev–Trinajstić information content (AvgIpc) is 2.78. The zero-order valence-electron chi connectivity index (χ0n) is 16.5. The number of ether oxygens (including phenoxy) is 1. The van der Waals surface area contributed by atoms with E-state index in [9.17, 15) is 18.8 Å². The first-order valence-electron chi connectivity index (χ1n) is 9.33. The molecule has 32 heavy (non-hydrogen) atoms. The first-order chi connectivity index (χ1) is 15.3. The lowest BCUT2D eigenvalue weighted by atomic mass is 10.0. The molecule has 162 valence electrons. The van der Waals surface area contributed by atoms with E-state index >= 15 is 0 Å². The van der Waals surface area contributed by atoms with E-state index in [1.165, 1.54) is 36.4 Å². The van der Waals surface area contributed by atoms with Crippen molar-refractivity contribution < 1.29 is 23.5 Å². The largest absolute Gasteiger partial charge is 0.452 e. The van der Waals surface area contributed by atoms with Gasteiger partial charge in [-0.3, -0.25) is 9.59 Å². The predicted molar refractivity (Wildman–Crippen MR) is 121 cm³/mol. The Balaban J connectivity index is 1.65. The number of halogens is 3. The molecule has 8 heteroatoms. The zero-order chi connectivity index (χ0) is 23.1. The molecule has 3 rings (SSSR count). The quantitative estimate of drug-likeness (QED) is 0.278. The Hall–Kier alpha value is -3.48. The summed E-state index contributed by atoms with van der Waals surface area (Å²) >= 11 is 11.9. The molecule has 0 saturated carbocycles. The summed E-state index contributed by atoms with van der Waals surface area (Å²) in [6.45, 7) is -0.615. The number of benzene rings is 3. The molecule has 0 radical (unpaired) electrons. The molecular formula is C24H16Cl2FNO4. The zero-order valence-corrected chi connectivity index (χ0v) is 18.0. The van der Waals surface area contributed by atoms with Gasteiger partial charge < -0.3 is 10.1 Å². The first kappa shape index (κ1) is 23.2. The van der Waals surface area contributed by atoms with Crippen molar-refractivity contribution in [2.24, 2.45) is 0 Å². The Morgan fingerprint density at radius 1 is 0.969 bits per heavy atom. The van der Waals surface area contributed by atoms with Gasteiger partial charge >= 0.3 is 5.97 Å². The van der Waals surface area contributed by atoms with Crippen molar-refractivity contribution >= 4 is 52.6 Å². The van der Waals surface area contributed by atoms with Crippen LogP contribution in [0.5, 0.6) is 0 Å². The van der Waals surface area contributed by atoms with E-state index in [1.54, 1.807) is 30.3 Å². The van der Waals surface area contributed by atoms with Crippen LogP contribution in [0.4, 0.5) is 10.1 Å². The SMILES string of the molecule is O=C(COC(=O)C=Cc1c(F)cccc1Cl)Nc1ccc(Cl)cc1C(=O)c1ccccc1. The van der Waals surface area contributed by atoms with Crippen LogP contribution in [0.15, 0.2) is 72.8 Å². The van der Waals surface area contributed by atoms with Gasteiger partial charge in [0, 0.05) is 27.8 Å². The van der Waals surface area contributed by atoms with Crippen LogP contribution < -0.4 is 5.32 Å². The number of hydrogen-bond donors (Lipinski definition) is 1. The van der Waals surface area contributed by atoms with Crippen LogP contribution in [0.3, 0.4) is 0 Å². The third-order valence-electron chi connectivity index (χ3n) is 4.27. The minimum Gasteiger partial charge on any atom is -0.452 e. The van der Waals surface area contributed by atoms with E-state index in [-0.39, 0.29) is 27.6 Å². The maximum Gasteiger partial charge on any atom is 0.331 e. The van der Waals surface area contributed by atoms with Gasteiger partial charge in [-0.2, -0.15) is 0 Å². The van der Waals surface area contributed by atoms with Crippen molar-refractivity contribution in [3.8, 4) is 0 Å². The summed E-state index contributed by atoms with van der Waals surface area (Å²) in [5, 5.41) is 2.99. The van der Waals surface area contributed by atoms with Gasteiger partial charge in [0.05, 0.1) is 10.7 Å². The lowest BCUT2D eigenvalue weighted by molar-refractivity contribution is -0.142. The van der Waals surface area contributed by atoms with E-state index in [0.717, 1.165) is 12.2 Å². The van der Waals surface area contributed by atoms with Crippen molar-refractivity contribution in [3.05, 3.63) is 105 Å². The van der Waals surface area contributed by atoms with Gasteiger partial charge in [0.2, 0.25) is 0 Å². The molecule has 0 fully saturated rings. The molecule has 0 saturated heterocycles. The molecule has 0 unspecified atom stereocenters. The molecule has 1 amide bonds. The fourth-order valence-corrected chi connectivity index (χ4v) is 3.15. The number of esters is 1. The van der Waals surface area contributed by atoms with Gasteiger partial charge in [-0.15, -0.1) is 0 Å². The highest BCUT2D eigenvalue weighted by molar-refractivity contribution is 6.32. The molecule has 3 aromatic carbocycles. The molecular weight excluding hydrogens is 456 g/mol. The molecule has 0 aliphatic rings. The highest BCUT2D eigenvalue weighted by Gasteiger charge is 2.16. The van der Waals surface area contributed by atoms with Crippen LogP contribution >= 0.6 is 23.2 Å². The monoisotopic (exact) mass is 471 g/mol. The van der Waals surface area contributed by atoms with E-state index in [2.05, 4.69) is 5.32 Å². The highest BCUT2D eigenvalue weighted by atomic mass is 35.5. The normalized spacial score (nSPS) is 10.7. The number of amides is 1. The molecule has 0 heterocycles. The molecule has 0 aromatic heterocycles. The lowest BCUT2D eigenvalue weighted by Crippen LogP contribution is -2.21. The number of nitrogens with one attached hydrogen (secondary N) is 1. The van der Waals surface area contributed by atoms with Crippen molar-refractivity contribution in [2.45, 2.75) is 0 Å². The van der Waals surface area contributed by atoms with E-state index in [0.29, 0.717) is 10.6 Å². The minimum absolute atomic E-state index is 0.0285. The molecule has 0 spiro atoms. The fourth-order valence-electron chi connectivity index (χ4n) is 2.75. The Bertz CT molecular complexity index is 1180. The van der Waals surface area contributed by atoms with Crippen LogP contribution in [-0.2, 0) is 14.3 Å². The van der Waals surface area contributed by atoms with Crippen molar-refractivity contribution in [1.82, 2.24) is 0 Å². The van der Waals surface area contributed by atoms with Crippen LogP contribution in [-0.4, -0.2) is 24.3 Å². The van der Waals surface area contributed by atoms with Crippen LogP contribution in [0.1, 0.15) is 21.5 Å².